The molecule has 0 spiro atoms. The Kier molecular flexibility index (Phi) is 1.98. The Labute approximate surface area is 67.4 Å². The zero-order valence-corrected chi connectivity index (χ0v) is 7.69. The quantitative estimate of drug-likeness (QED) is 0.612. The maximum Gasteiger partial charge on any atom is 0.211 e. The average molecular weight is 178 g/mol. The van der Waals surface area contributed by atoms with Crippen LogP contribution in [-0.4, -0.2) is 37.6 Å². The molecule has 1 aliphatic rings. The molecule has 5 heteroatoms. The van der Waals surface area contributed by atoms with E-state index in [1.807, 2.05) is 6.92 Å². The van der Waals surface area contributed by atoms with E-state index in [-0.39, 0.29) is 5.54 Å². The molecule has 0 aromatic rings. The molecule has 11 heavy (non-hydrogen) atoms. The monoisotopic (exact) mass is 178 g/mol. The van der Waals surface area contributed by atoms with Gasteiger partial charge < -0.3 is 5.73 Å². The number of nitrogens with two attached hydrogens (primary N) is 1. The Hall–Kier alpha value is -0.130. The average Bonchev–Trinajstić information content (AvgIpc) is 1.78. The summed E-state index contributed by atoms with van der Waals surface area (Å²) in [5.41, 5.74) is 5.52. The lowest BCUT2D eigenvalue weighted by Crippen LogP contribution is -2.67. The molecule has 1 fully saturated rings. The molecule has 1 aliphatic heterocycles. The Balaban J connectivity index is 2.54. The van der Waals surface area contributed by atoms with Crippen LogP contribution in [0.1, 0.15) is 13.3 Å². The second-order valence-electron chi connectivity index (χ2n) is 3.25. The van der Waals surface area contributed by atoms with Gasteiger partial charge in [-0.2, -0.15) is 4.31 Å². The minimum atomic E-state index is -2.99. The molecular weight excluding hydrogens is 164 g/mol. The van der Waals surface area contributed by atoms with Crippen molar-refractivity contribution in [2.45, 2.75) is 18.9 Å². The largest absolute Gasteiger partial charge is 0.323 e. The van der Waals surface area contributed by atoms with Gasteiger partial charge in [-0.15, -0.1) is 0 Å². The smallest absolute Gasteiger partial charge is 0.211 e. The summed E-state index contributed by atoms with van der Waals surface area (Å²) in [5.74, 6) is 0. The van der Waals surface area contributed by atoms with Gasteiger partial charge in [-0.25, -0.2) is 8.42 Å². The molecule has 1 heterocycles. The zero-order valence-electron chi connectivity index (χ0n) is 6.87. The normalized spacial score (nSPS) is 24.6. The van der Waals surface area contributed by atoms with Crippen LogP contribution in [0.25, 0.3) is 0 Å². The van der Waals surface area contributed by atoms with Gasteiger partial charge in [-0.05, 0) is 6.42 Å². The fourth-order valence-corrected chi connectivity index (χ4v) is 2.10. The summed E-state index contributed by atoms with van der Waals surface area (Å²) in [5, 5.41) is 0. The minimum absolute atomic E-state index is 0.261. The van der Waals surface area contributed by atoms with Crippen molar-refractivity contribution >= 4 is 10.0 Å². The van der Waals surface area contributed by atoms with E-state index in [2.05, 4.69) is 0 Å². The number of hydrogen-bond donors (Lipinski definition) is 1. The van der Waals surface area contributed by atoms with Gasteiger partial charge in [0, 0.05) is 18.6 Å². The highest BCUT2D eigenvalue weighted by Crippen LogP contribution is 2.23. The summed E-state index contributed by atoms with van der Waals surface area (Å²) in [7, 11) is -2.99. The molecule has 1 rings (SSSR count). The molecule has 0 aliphatic carbocycles. The molecule has 0 aromatic heterocycles. The number of nitrogens with zero attached hydrogens (tertiary/aromatic N) is 1. The van der Waals surface area contributed by atoms with E-state index >= 15 is 0 Å². The minimum Gasteiger partial charge on any atom is -0.323 e. The Morgan fingerprint density at radius 2 is 2.00 bits per heavy atom. The van der Waals surface area contributed by atoms with Crippen molar-refractivity contribution in [2.24, 2.45) is 5.73 Å². The lowest BCUT2D eigenvalue weighted by molar-refractivity contribution is 0.154. The van der Waals surface area contributed by atoms with E-state index in [0.717, 1.165) is 6.42 Å². The summed E-state index contributed by atoms with van der Waals surface area (Å²) < 4.78 is 23.2. The standard InChI is InChI=1S/C6H14N2O2S/c1-3-6(7)4-8(5-6)11(2,9)10/h3-5,7H2,1-2H3. The van der Waals surface area contributed by atoms with Gasteiger partial charge in [0.05, 0.1) is 6.26 Å². The maximum atomic E-state index is 10.9. The van der Waals surface area contributed by atoms with Crippen LogP contribution < -0.4 is 5.73 Å². The van der Waals surface area contributed by atoms with Crippen molar-refractivity contribution in [3.63, 3.8) is 0 Å². The summed E-state index contributed by atoms with van der Waals surface area (Å²) in [6.07, 6.45) is 2.04. The second kappa shape index (κ2) is 2.43. The van der Waals surface area contributed by atoms with Gasteiger partial charge in [0.1, 0.15) is 0 Å². The predicted molar refractivity (Wildman–Crippen MR) is 43.6 cm³/mol. The van der Waals surface area contributed by atoms with E-state index in [0.29, 0.717) is 13.1 Å². The zero-order chi connectivity index (χ0) is 8.70. The highest BCUT2D eigenvalue weighted by Gasteiger charge is 2.42. The third kappa shape index (κ3) is 1.72. The molecule has 1 saturated heterocycles. The van der Waals surface area contributed by atoms with Crippen LogP contribution in [0.3, 0.4) is 0 Å². The lowest BCUT2D eigenvalue weighted by Gasteiger charge is -2.45. The van der Waals surface area contributed by atoms with Gasteiger partial charge in [0.2, 0.25) is 10.0 Å². The molecule has 66 valence electrons. The molecule has 0 radical (unpaired) electrons. The van der Waals surface area contributed by atoms with Crippen molar-refractivity contribution in [2.75, 3.05) is 19.3 Å². The van der Waals surface area contributed by atoms with E-state index in [4.69, 9.17) is 5.73 Å². The SMILES string of the molecule is CCC1(N)CN(S(C)(=O)=O)C1. The fourth-order valence-electron chi connectivity index (χ4n) is 1.11. The molecule has 2 N–H and O–H groups in total. The fraction of sp³-hybridized carbons (Fsp3) is 1.00. The lowest BCUT2D eigenvalue weighted by atomic mass is 9.91. The molecule has 4 nitrogen and oxygen atoms in total. The topological polar surface area (TPSA) is 63.4 Å². The third-order valence-electron chi connectivity index (χ3n) is 2.16. The highest BCUT2D eigenvalue weighted by molar-refractivity contribution is 7.88. The summed E-state index contributed by atoms with van der Waals surface area (Å²) >= 11 is 0. The van der Waals surface area contributed by atoms with Crippen LogP contribution in [0.4, 0.5) is 0 Å². The number of rotatable bonds is 2. The summed E-state index contributed by atoms with van der Waals surface area (Å²) in [6, 6.07) is 0. The Bertz CT molecular complexity index is 241. The third-order valence-corrected chi connectivity index (χ3v) is 3.35. The van der Waals surface area contributed by atoms with Gasteiger partial charge >= 0.3 is 0 Å². The number of hydrogen-bond acceptors (Lipinski definition) is 3. The van der Waals surface area contributed by atoms with E-state index in [1.54, 1.807) is 0 Å². The van der Waals surface area contributed by atoms with E-state index < -0.39 is 10.0 Å². The first-order valence-electron chi connectivity index (χ1n) is 3.61. The van der Waals surface area contributed by atoms with Gasteiger partial charge in [-0.3, -0.25) is 0 Å². The van der Waals surface area contributed by atoms with Gasteiger partial charge in [-0.1, -0.05) is 6.92 Å². The molecule has 0 unspecified atom stereocenters. The molecule has 0 saturated carbocycles. The predicted octanol–water partition coefficient (Wildman–Crippen LogP) is -0.631. The van der Waals surface area contributed by atoms with Gasteiger partial charge in [0.25, 0.3) is 0 Å². The van der Waals surface area contributed by atoms with Crippen molar-refractivity contribution in [3.05, 3.63) is 0 Å². The molecule has 0 bridgehead atoms. The van der Waals surface area contributed by atoms with Crippen molar-refractivity contribution < 1.29 is 8.42 Å². The van der Waals surface area contributed by atoms with Crippen LogP contribution in [0.15, 0.2) is 0 Å². The molecular formula is C6H14N2O2S. The van der Waals surface area contributed by atoms with Crippen molar-refractivity contribution in [1.82, 2.24) is 4.31 Å². The van der Waals surface area contributed by atoms with E-state index in [9.17, 15) is 8.42 Å². The Morgan fingerprint density at radius 3 is 2.27 bits per heavy atom. The second-order valence-corrected chi connectivity index (χ2v) is 5.23. The van der Waals surface area contributed by atoms with E-state index in [1.165, 1.54) is 10.6 Å². The highest BCUT2D eigenvalue weighted by atomic mass is 32.2. The van der Waals surface area contributed by atoms with Crippen LogP contribution in [-0.2, 0) is 10.0 Å². The van der Waals surface area contributed by atoms with Crippen molar-refractivity contribution in [3.8, 4) is 0 Å². The summed E-state index contributed by atoms with van der Waals surface area (Å²) in [6.45, 7) is 2.92. The Morgan fingerprint density at radius 1 is 1.55 bits per heavy atom. The molecule has 0 amide bonds. The molecule has 0 atom stereocenters. The number of sulfonamides is 1. The first-order valence-corrected chi connectivity index (χ1v) is 5.46. The van der Waals surface area contributed by atoms with Crippen LogP contribution in [0, 0.1) is 0 Å². The van der Waals surface area contributed by atoms with Crippen LogP contribution in [0.2, 0.25) is 0 Å². The van der Waals surface area contributed by atoms with Gasteiger partial charge in [0.15, 0.2) is 0 Å². The first-order chi connectivity index (χ1) is 4.87. The first kappa shape index (κ1) is 8.96. The summed E-state index contributed by atoms with van der Waals surface area (Å²) in [4.78, 5) is 0. The maximum absolute atomic E-state index is 10.9. The van der Waals surface area contributed by atoms with Crippen LogP contribution in [0.5, 0.6) is 0 Å². The molecule has 0 aromatic carbocycles. The van der Waals surface area contributed by atoms with Crippen LogP contribution >= 0.6 is 0 Å². The van der Waals surface area contributed by atoms with Crippen molar-refractivity contribution in [1.29, 1.82) is 0 Å².